The summed E-state index contributed by atoms with van der Waals surface area (Å²) in [7, 11) is 1.49. The number of rotatable bonds is 4. The third-order valence-electron chi connectivity index (χ3n) is 2.48. The van der Waals surface area contributed by atoms with Crippen molar-refractivity contribution in [1.82, 2.24) is 0 Å². The van der Waals surface area contributed by atoms with Crippen molar-refractivity contribution in [2.24, 2.45) is 0 Å². The molecule has 5 heteroatoms. The Morgan fingerprint density at radius 1 is 1.39 bits per heavy atom. The van der Waals surface area contributed by atoms with E-state index in [1.807, 2.05) is 0 Å². The number of halogens is 1. The number of carboxylic acid groups (broad SMARTS) is 1. The van der Waals surface area contributed by atoms with E-state index in [0.29, 0.717) is 17.1 Å². The minimum Gasteiger partial charge on any atom is -0.496 e. The molecule has 0 fully saturated rings. The highest BCUT2D eigenvalue weighted by Crippen LogP contribution is 2.23. The number of furan rings is 1. The molecule has 2 rings (SSSR count). The Balaban J connectivity index is 2.27. The molecule has 1 aromatic heterocycles. The van der Waals surface area contributed by atoms with Crippen LogP contribution < -0.4 is 4.74 Å². The third-order valence-corrected chi connectivity index (χ3v) is 2.48. The summed E-state index contributed by atoms with van der Waals surface area (Å²) in [5, 5.41) is 8.73. The molecular formula is C13H11FO4. The number of carboxylic acids is 1. The van der Waals surface area contributed by atoms with Crippen LogP contribution in [0.1, 0.15) is 21.9 Å². The van der Waals surface area contributed by atoms with Gasteiger partial charge in [-0.3, -0.25) is 0 Å². The molecule has 0 amide bonds. The molecule has 0 aliphatic rings. The maximum atomic E-state index is 13.1. The fourth-order valence-corrected chi connectivity index (χ4v) is 1.66. The number of carbonyl (C=O) groups is 1. The lowest BCUT2D eigenvalue weighted by molar-refractivity contribution is 0.0660. The van der Waals surface area contributed by atoms with E-state index in [4.69, 9.17) is 14.3 Å². The maximum Gasteiger partial charge on any atom is 0.371 e. The first-order valence-electron chi connectivity index (χ1n) is 5.24. The molecule has 0 spiro atoms. The molecular weight excluding hydrogens is 239 g/mol. The fraction of sp³-hybridized carbons (Fsp3) is 0.154. The lowest BCUT2D eigenvalue weighted by Crippen LogP contribution is -1.95. The van der Waals surface area contributed by atoms with Crippen molar-refractivity contribution in [1.29, 1.82) is 0 Å². The Bertz CT molecular complexity index is 574. The van der Waals surface area contributed by atoms with Crippen molar-refractivity contribution in [3.63, 3.8) is 0 Å². The van der Waals surface area contributed by atoms with Crippen LogP contribution in [0.5, 0.6) is 5.75 Å². The van der Waals surface area contributed by atoms with Gasteiger partial charge in [0.1, 0.15) is 17.3 Å². The van der Waals surface area contributed by atoms with Crippen LogP contribution in [0, 0.1) is 5.82 Å². The van der Waals surface area contributed by atoms with E-state index in [9.17, 15) is 9.18 Å². The molecule has 0 bridgehead atoms. The van der Waals surface area contributed by atoms with Crippen LogP contribution >= 0.6 is 0 Å². The standard InChI is InChI=1S/C13H11FO4/c1-17-11-4-2-9(14)6-8(11)7-10-3-5-12(18-10)13(15)16/h2-6H,7H2,1H3,(H,15,16). The summed E-state index contributed by atoms with van der Waals surface area (Å²) in [4.78, 5) is 10.7. The van der Waals surface area contributed by atoms with Crippen LogP contribution in [-0.2, 0) is 6.42 Å². The predicted octanol–water partition coefficient (Wildman–Crippen LogP) is 2.72. The van der Waals surface area contributed by atoms with Crippen LogP contribution in [0.2, 0.25) is 0 Å². The number of benzene rings is 1. The minimum absolute atomic E-state index is 0.139. The average Bonchev–Trinajstić information content (AvgIpc) is 2.78. The second kappa shape index (κ2) is 4.91. The average molecular weight is 250 g/mol. The van der Waals surface area contributed by atoms with Gasteiger partial charge in [-0.15, -0.1) is 0 Å². The molecule has 0 saturated carbocycles. The molecule has 1 aromatic carbocycles. The van der Waals surface area contributed by atoms with Gasteiger partial charge < -0.3 is 14.3 Å². The summed E-state index contributed by atoms with van der Waals surface area (Å²) in [6.07, 6.45) is 0.272. The van der Waals surface area contributed by atoms with Crippen LogP contribution in [0.25, 0.3) is 0 Å². The number of hydrogen-bond acceptors (Lipinski definition) is 3. The number of aromatic carboxylic acids is 1. The molecule has 94 valence electrons. The normalized spacial score (nSPS) is 10.3. The van der Waals surface area contributed by atoms with Gasteiger partial charge in [0, 0.05) is 12.0 Å². The first kappa shape index (κ1) is 12.2. The van der Waals surface area contributed by atoms with Gasteiger partial charge in [-0.1, -0.05) is 0 Å². The van der Waals surface area contributed by atoms with Crippen molar-refractivity contribution in [3.05, 3.63) is 53.2 Å². The highest BCUT2D eigenvalue weighted by Gasteiger charge is 2.12. The van der Waals surface area contributed by atoms with E-state index in [-0.39, 0.29) is 18.0 Å². The quantitative estimate of drug-likeness (QED) is 0.906. The second-order valence-corrected chi connectivity index (χ2v) is 3.70. The smallest absolute Gasteiger partial charge is 0.371 e. The summed E-state index contributed by atoms with van der Waals surface area (Å²) in [6.45, 7) is 0. The fourth-order valence-electron chi connectivity index (χ4n) is 1.66. The number of hydrogen-bond donors (Lipinski definition) is 1. The summed E-state index contributed by atoms with van der Waals surface area (Å²) >= 11 is 0. The minimum atomic E-state index is -1.13. The SMILES string of the molecule is COc1ccc(F)cc1Cc1ccc(C(=O)O)o1. The molecule has 0 aliphatic carbocycles. The molecule has 0 radical (unpaired) electrons. The zero-order valence-electron chi connectivity index (χ0n) is 9.64. The van der Waals surface area contributed by atoms with Crippen molar-refractivity contribution in [3.8, 4) is 5.75 Å². The van der Waals surface area contributed by atoms with E-state index in [1.165, 1.54) is 31.4 Å². The van der Waals surface area contributed by atoms with Gasteiger partial charge in [0.2, 0.25) is 5.76 Å². The Morgan fingerprint density at radius 3 is 2.78 bits per heavy atom. The first-order valence-corrected chi connectivity index (χ1v) is 5.24. The van der Waals surface area contributed by atoms with Crippen LogP contribution in [-0.4, -0.2) is 18.2 Å². The van der Waals surface area contributed by atoms with Gasteiger partial charge in [0.15, 0.2) is 0 Å². The van der Waals surface area contributed by atoms with Crippen molar-refractivity contribution in [2.45, 2.75) is 6.42 Å². The van der Waals surface area contributed by atoms with Gasteiger partial charge >= 0.3 is 5.97 Å². The Hall–Kier alpha value is -2.30. The van der Waals surface area contributed by atoms with Gasteiger partial charge in [-0.2, -0.15) is 0 Å². The van der Waals surface area contributed by atoms with E-state index in [1.54, 1.807) is 6.07 Å². The lowest BCUT2D eigenvalue weighted by atomic mass is 10.1. The van der Waals surface area contributed by atoms with E-state index >= 15 is 0 Å². The molecule has 0 saturated heterocycles. The van der Waals surface area contributed by atoms with Crippen molar-refractivity contribution < 1.29 is 23.4 Å². The molecule has 0 atom stereocenters. The molecule has 1 N–H and O–H groups in total. The molecule has 0 unspecified atom stereocenters. The zero-order chi connectivity index (χ0) is 13.1. The van der Waals surface area contributed by atoms with Gasteiger partial charge in [-0.05, 0) is 30.3 Å². The summed E-state index contributed by atoms with van der Waals surface area (Å²) < 4.78 is 23.4. The van der Waals surface area contributed by atoms with E-state index < -0.39 is 5.97 Å². The van der Waals surface area contributed by atoms with Gasteiger partial charge in [-0.25, -0.2) is 9.18 Å². The largest absolute Gasteiger partial charge is 0.496 e. The zero-order valence-corrected chi connectivity index (χ0v) is 9.64. The molecule has 0 aliphatic heterocycles. The lowest BCUT2D eigenvalue weighted by Gasteiger charge is -2.06. The van der Waals surface area contributed by atoms with E-state index in [0.717, 1.165) is 0 Å². The van der Waals surface area contributed by atoms with Crippen LogP contribution in [0.15, 0.2) is 34.7 Å². The molecule has 18 heavy (non-hydrogen) atoms. The Morgan fingerprint density at radius 2 is 2.17 bits per heavy atom. The molecule has 4 nitrogen and oxygen atoms in total. The summed E-state index contributed by atoms with van der Waals surface area (Å²) in [6, 6.07) is 7.07. The van der Waals surface area contributed by atoms with Crippen molar-refractivity contribution >= 4 is 5.97 Å². The summed E-state index contributed by atoms with van der Waals surface area (Å²) in [5.74, 6) is -0.676. The van der Waals surface area contributed by atoms with E-state index in [2.05, 4.69) is 0 Å². The Kier molecular flexibility index (Phi) is 3.32. The summed E-state index contributed by atoms with van der Waals surface area (Å²) in [5.41, 5.74) is 0.601. The maximum absolute atomic E-state index is 13.1. The predicted molar refractivity (Wildman–Crippen MR) is 61.4 cm³/mol. The third kappa shape index (κ3) is 2.51. The monoisotopic (exact) mass is 250 g/mol. The Labute approximate surface area is 103 Å². The number of methoxy groups -OCH3 is 1. The number of ether oxygens (including phenoxy) is 1. The molecule has 2 aromatic rings. The van der Waals surface area contributed by atoms with Crippen LogP contribution in [0.3, 0.4) is 0 Å². The second-order valence-electron chi connectivity index (χ2n) is 3.70. The van der Waals surface area contributed by atoms with Crippen LogP contribution in [0.4, 0.5) is 4.39 Å². The van der Waals surface area contributed by atoms with Gasteiger partial charge in [0.25, 0.3) is 0 Å². The topological polar surface area (TPSA) is 59.7 Å². The molecule has 1 heterocycles. The van der Waals surface area contributed by atoms with Crippen molar-refractivity contribution in [2.75, 3.05) is 7.11 Å². The highest BCUT2D eigenvalue weighted by molar-refractivity contribution is 5.84. The highest BCUT2D eigenvalue weighted by atomic mass is 19.1. The van der Waals surface area contributed by atoms with Gasteiger partial charge in [0.05, 0.1) is 7.11 Å². The first-order chi connectivity index (χ1) is 8.60.